The number of nitrogens with zero attached hydrogens (tertiary/aromatic N) is 3. The van der Waals surface area contributed by atoms with Crippen LogP contribution in [-0.4, -0.2) is 49.5 Å². The summed E-state index contributed by atoms with van der Waals surface area (Å²) in [6.07, 6.45) is 4.63. The summed E-state index contributed by atoms with van der Waals surface area (Å²) in [6, 6.07) is 8.85. The van der Waals surface area contributed by atoms with Gasteiger partial charge in [-0.05, 0) is 56.1 Å². The summed E-state index contributed by atoms with van der Waals surface area (Å²) in [5.41, 5.74) is 1.60. The van der Waals surface area contributed by atoms with Gasteiger partial charge in [0.2, 0.25) is 10.0 Å². The van der Waals surface area contributed by atoms with Crippen molar-refractivity contribution in [3.05, 3.63) is 42.2 Å². The zero-order chi connectivity index (χ0) is 18.9. The molecule has 0 aliphatic carbocycles. The average molecular weight is 389 g/mol. The summed E-state index contributed by atoms with van der Waals surface area (Å²) < 4.78 is 27.2. The number of amides is 1. The molecule has 9 heteroatoms. The quantitative estimate of drug-likeness (QED) is 0.828. The normalized spacial score (nSPS) is 21.9. The molecule has 27 heavy (non-hydrogen) atoms. The van der Waals surface area contributed by atoms with Gasteiger partial charge in [0.1, 0.15) is 0 Å². The number of carbonyl (C=O) groups excluding carboxylic acids is 1. The van der Waals surface area contributed by atoms with Crippen LogP contribution in [0.15, 0.2) is 36.5 Å². The number of hydrogen-bond donors (Lipinski definition) is 2. The highest BCUT2D eigenvalue weighted by Crippen LogP contribution is 2.25. The van der Waals surface area contributed by atoms with E-state index in [4.69, 9.17) is 0 Å². The minimum Gasteiger partial charge on any atom is -0.321 e. The van der Waals surface area contributed by atoms with E-state index >= 15 is 0 Å². The Morgan fingerprint density at radius 3 is 2.67 bits per heavy atom. The first kappa shape index (κ1) is 18.0. The number of benzene rings is 1. The maximum Gasteiger partial charge on any atom is 0.276 e. The molecule has 2 aliphatic heterocycles. The van der Waals surface area contributed by atoms with Crippen molar-refractivity contribution >= 4 is 27.3 Å². The summed E-state index contributed by atoms with van der Waals surface area (Å²) in [5, 5.41) is 10.6. The van der Waals surface area contributed by atoms with Crippen LogP contribution in [0.25, 0.3) is 0 Å². The highest BCUT2D eigenvalue weighted by atomic mass is 32.2. The topological polar surface area (TPSA) is 96.3 Å². The highest BCUT2D eigenvalue weighted by molar-refractivity contribution is 7.93. The number of sulfonamides is 1. The van der Waals surface area contributed by atoms with E-state index in [1.807, 2.05) is 10.9 Å². The molecule has 4 rings (SSSR count). The van der Waals surface area contributed by atoms with E-state index in [0.29, 0.717) is 30.0 Å². The van der Waals surface area contributed by atoms with Crippen LogP contribution in [-0.2, 0) is 10.0 Å². The largest absolute Gasteiger partial charge is 0.321 e. The van der Waals surface area contributed by atoms with E-state index in [1.54, 1.807) is 30.3 Å². The standard InChI is InChI=1S/C18H23N5O3S/c24-18(17-8-11-22(21-17)16-3-1-9-19-13-16)20-14-4-6-15(7-5-14)23-10-2-12-27(23,25)26/h4-8,11,16,19H,1-3,9-10,12-13H2,(H,20,24). The molecule has 2 aromatic rings. The van der Waals surface area contributed by atoms with E-state index in [2.05, 4.69) is 15.7 Å². The summed E-state index contributed by atoms with van der Waals surface area (Å²) in [6.45, 7) is 2.39. The lowest BCUT2D eigenvalue weighted by molar-refractivity contribution is 0.102. The Morgan fingerprint density at radius 1 is 1.19 bits per heavy atom. The van der Waals surface area contributed by atoms with E-state index in [-0.39, 0.29) is 17.7 Å². The molecular formula is C18H23N5O3S. The summed E-state index contributed by atoms with van der Waals surface area (Å²) >= 11 is 0. The second kappa shape index (κ2) is 7.32. The molecule has 1 aromatic heterocycles. The molecule has 0 saturated carbocycles. The first-order chi connectivity index (χ1) is 13.0. The first-order valence-electron chi connectivity index (χ1n) is 9.21. The van der Waals surface area contributed by atoms with Gasteiger partial charge in [0, 0.05) is 25.0 Å². The molecule has 144 valence electrons. The number of rotatable bonds is 4. The van der Waals surface area contributed by atoms with Gasteiger partial charge >= 0.3 is 0 Å². The Balaban J connectivity index is 1.42. The van der Waals surface area contributed by atoms with Gasteiger partial charge in [0.15, 0.2) is 5.69 Å². The molecule has 2 fully saturated rings. The zero-order valence-corrected chi connectivity index (χ0v) is 15.8. The molecule has 0 radical (unpaired) electrons. The molecular weight excluding hydrogens is 366 g/mol. The van der Waals surface area contributed by atoms with E-state index < -0.39 is 10.0 Å². The van der Waals surface area contributed by atoms with Crippen molar-refractivity contribution < 1.29 is 13.2 Å². The van der Waals surface area contributed by atoms with Crippen molar-refractivity contribution in [2.24, 2.45) is 0 Å². The average Bonchev–Trinajstić information content (AvgIpc) is 3.30. The molecule has 2 aliphatic rings. The van der Waals surface area contributed by atoms with Crippen LogP contribution in [0, 0.1) is 0 Å². The van der Waals surface area contributed by atoms with Crippen LogP contribution in [0.4, 0.5) is 11.4 Å². The fraction of sp³-hybridized carbons (Fsp3) is 0.444. The SMILES string of the molecule is O=C(Nc1ccc(N2CCCS2(=O)=O)cc1)c1ccn(C2CCCNC2)n1. The lowest BCUT2D eigenvalue weighted by atomic mass is 10.1. The van der Waals surface area contributed by atoms with Gasteiger partial charge in [-0.2, -0.15) is 5.10 Å². The van der Waals surface area contributed by atoms with Crippen molar-refractivity contribution in [2.45, 2.75) is 25.3 Å². The molecule has 1 atom stereocenters. The van der Waals surface area contributed by atoms with Crippen molar-refractivity contribution in [3.8, 4) is 0 Å². The number of anilines is 2. The van der Waals surface area contributed by atoms with Crippen molar-refractivity contribution in [2.75, 3.05) is 35.0 Å². The molecule has 2 N–H and O–H groups in total. The number of piperidine rings is 1. The highest BCUT2D eigenvalue weighted by Gasteiger charge is 2.28. The van der Waals surface area contributed by atoms with Gasteiger partial charge in [-0.15, -0.1) is 0 Å². The zero-order valence-electron chi connectivity index (χ0n) is 15.0. The third kappa shape index (κ3) is 3.84. The first-order valence-corrected chi connectivity index (χ1v) is 10.8. The summed E-state index contributed by atoms with van der Waals surface area (Å²) in [5.74, 6) is -0.0935. The Morgan fingerprint density at radius 2 is 2.00 bits per heavy atom. The maximum atomic E-state index is 12.4. The molecule has 0 spiro atoms. The van der Waals surface area contributed by atoms with E-state index in [1.165, 1.54) is 4.31 Å². The molecule has 0 bridgehead atoms. The van der Waals surface area contributed by atoms with Crippen LogP contribution in [0.1, 0.15) is 35.8 Å². The number of nitrogens with one attached hydrogen (secondary N) is 2. The van der Waals surface area contributed by atoms with Crippen molar-refractivity contribution in [1.82, 2.24) is 15.1 Å². The Hall–Kier alpha value is -2.39. The van der Waals surface area contributed by atoms with Crippen molar-refractivity contribution in [1.29, 1.82) is 0 Å². The number of carbonyl (C=O) groups is 1. The Bertz CT molecular complexity index is 917. The predicted molar refractivity (Wildman–Crippen MR) is 104 cm³/mol. The second-order valence-electron chi connectivity index (χ2n) is 6.92. The molecule has 1 unspecified atom stereocenters. The van der Waals surface area contributed by atoms with Crippen LogP contribution >= 0.6 is 0 Å². The van der Waals surface area contributed by atoms with Crippen LogP contribution in [0.3, 0.4) is 0 Å². The predicted octanol–water partition coefficient (Wildman–Crippen LogP) is 1.60. The van der Waals surface area contributed by atoms with E-state index in [9.17, 15) is 13.2 Å². The van der Waals surface area contributed by atoms with Gasteiger partial charge < -0.3 is 10.6 Å². The Kier molecular flexibility index (Phi) is 4.88. The molecule has 8 nitrogen and oxygen atoms in total. The van der Waals surface area contributed by atoms with Crippen molar-refractivity contribution in [3.63, 3.8) is 0 Å². The third-order valence-electron chi connectivity index (χ3n) is 5.00. The van der Waals surface area contributed by atoms with Gasteiger partial charge in [-0.3, -0.25) is 13.8 Å². The van der Waals surface area contributed by atoms with Crippen LogP contribution in [0.2, 0.25) is 0 Å². The Labute approximate surface area is 158 Å². The van der Waals surface area contributed by atoms with Crippen LogP contribution < -0.4 is 14.9 Å². The lowest BCUT2D eigenvalue weighted by Crippen LogP contribution is -2.32. The maximum absolute atomic E-state index is 12.4. The summed E-state index contributed by atoms with van der Waals surface area (Å²) in [7, 11) is -3.20. The van der Waals surface area contributed by atoms with Gasteiger partial charge in [-0.1, -0.05) is 0 Å². The minimum absolute atomic E-state index is 0.185. The lowest BCUT2D eigenvalue weighted by Gasteiger charge is -2.22. The molecule has 3 heterocycles. The molecule has 1 amide bonds. The van der Waals surface area contributed by atoms with Gasteiger partial charge in [-0.25, -0.2) is 8.42 Å². The summed E-state index contributed by atoms with van der Waals surface area (Å²) in [4.78, 5) is 12.4. The smallest absolute Gasteiger partial charge is 0.276 e. The van der Waals surface area contributed by atoms with E-state index in [0.717, 1.165) is 25.9 Å². The minimum atomic E-state index is -3.20. The fourth-order valence-corrected chi connectivity index (χ4v) is 5.12. The molecule has 2 saturated heterocycles. The van der Waals surface area contributed by atoms with Gasteiger partial charge in [0.05, 0.1) is 17.5 Å². The monoisotopic (exact) mass is 389 g/mol. The third-order valence-corrected chi connectivity index (χ3v) is 6.87. The van der Waals surface area contributed by atoms with Gasteiger partial charge in [0.25, 0.3) is 5.91 Å². The number of hydrogen-bond acceptors (Lipinski definition) is 5. The van der Waals surface area contributed by atoms with Crippen LogP contribution in [0.5, 0.6) is 0 Å². The second-order valence-corrected chi connectivity index (χ2v) is 8.94. The fourth-order valence-electron chi connectivity index (χ4n) is 3.56. The number of aromatic nitrogens is 2. The molecule has 1 aromatic carbocycles.